The van der Waals surface area contributed by atoms with Crippen molar-refractivity contribution < 1.29 is 9.53 Å². The highest BCUT2D eigenvalue weighted by atomic mass is 35.5. The van der Waals surface area contributed by atoms with Gasteiger partial charge in [0.2, 0.25) is 5.91 Å². The number of ether oxygens (including phenoxy) is 1. The van der Waals surface area contributed by atoms with Gasteiger partial charge in [-0.3, -0.25) is 4.79 Å². The van der Waals surface area contributed by atoms with Crippen LogP contribution in [0.25, 0.3) is 0 Å². The number of likely N-dealkylation sites (N-methyl/N-ethyl adjacent to an activating group) is 1. The molecule has 0 saturated heterocycles. The largest absolute Gasteiger partial charge is 0.494 e. The summed E-state index contributed by atoms with van der Waals surface area (Å²) in [6.45, 7) is 7.09. The minimum atomic E-state index is 0. The molecule has 0 spiro atoms. The van der Waals surface area contributed by atoms with Gasteiger partial charge in [-0.25, -0.2) is 0 Å². The van der Waals surface area contributed by atoms with Crippen molar-refractivity contribution in [2.75, 3.05) is 32.0 Å². The van der Waals surface area contributed by atoms with Crippen molar-refractivity contribution in [1.29, 1.82) is 0 Å². The van der Waals surface area contributed by atoms with Gasteiger partial charge >= 0.3 is 0 Å². The molecule has 0 aliphatic carbocycles. The SMILES string of the molecule is CCNCCNC(=O)CSc1ccc(OCC)cc1.Cl. The van der Waals surface area contributed by atoms with Gasteiger partial charge in [-0.05, 0) is 37.7 Å². The molecule has 0 fully saturated rings. The zero-order valence-electron chi connectivity index (χ0n) is 12.0. The Morgan fingerprint density at radius 1 is 1.20 bits per heavy atom. The smallest absolute Gasteiger partial charge is 0.230 e. The molecule has 6 heteroatoms. The zero-order valence-corrected chi connectivity index (χ0v) is 13.6. The van der Waals surface area contributed by atoms with Crippen LogP contribution in [0.5, 0.6) is 5.75 Å². The van der Waals surface area contributed by atoms with Gasteiger partial charge < -0.3 is 15.4 Å². The summed E-state index contributed by atoms with van der Waals surface area (Å²) < 4.78 is 5.37. The Hall–Kier alpha value is -0.910. The molecule has 0 bridgehead atoms. The molecule has 20 heavy (non-hydrogen) atoms. The monoisotopic (exact) mass is 318 g/mol. The quantitative estimate of drug-likeness (QED) is 0.542. The van der Waals surface area contributed by atoms with Crippen LogP contribution in [0.15, 0.2) is 29.2 Å². The first-order valence-electron chi connectivity index (χ1n) is 6.59. The van der Waals surface area contributed by atoms with Crippen LogP contribution in [0.1, 0.15) is 13.8 Å². The van der Waals surface area contributed by atoms with E-state index in [0.29, 0.717) is 18.9 Å². The molecule has 0 aliphatic heterocycles. The van der Waals surface area contributed by atoms with Crippen LogP contribution in [-0.2, 0) is 4.79 Å². The van der Waals surface area contributed by atoms with E-state index in [1.165, 1.54) is 11.8 Å². The average molecular weight is 319 g/mol. The molecule has 0 radical (unpaired) electrons. The van der Waals surface area contributed by atoms with Crippen LogP contribution >= 0.6 is 24.2 Å². The van der Waals surface area contributed by atoms with Gasteiger partial charge in [-0.2, -0.15) is 0 Å². The lowest BCUT2D eigenvalue weighted by molar-refractivity contribution is -0.118. The van der Waals surface area contributed by atoms with E-state index in [1.54, 1.807) is 0 Å². The summed E-state index contributed by atoms with van der Waals surface area (Å²) in [5.74, 6) is 1.37. The van der Waals surface area contributed by atoms with Gasteiger partial charge in [0.05, 0.1) is 12.4 Å². The van der Waals surface area contributed by atoms with E-state index >= 15 is 0 Å². The molecule has 0 heterocycles. The van der Waals surface area contributed by atoms with E-state index in [-0.39, 0.29) is 18.3 Å². The number of carbonyl (C=O) groups excluding carboxylic acids is 1. The molecule has 0 saturated carbocycles. The normalized spacial score (nSPS) is 9.70. The van der Waals surface area contributed by atoms with Gasteiger partial charge in [0.25, 0.3) is 0 Å². The van der Waals surface area contributed by atoms with E-state index in [4.69, 9.17) is 4.74 Å². The predicted molar refractivity (Wildman–Crippen MR) is 87.1 cm³/mol. The molecule has 0 aliphatic rings. The Labute approximate surface area is 131 Å². The number of benzene rings is 1. The lowest BCUT2D eigenvalue weighted by Gasteiger charge is -2.06. The summed E-state index contributed by atoms with van der Waals surface area (Å²) in [6, 6.07) is 7.80. The maximum atomic E-state index is 11.6. The summed E-state index contributed by atoms with van der Waals surface area (Å²) in [4.78, 5) is 12.6. The molecule has 4 nitrogen and oxygen atoms in total. The topological polar surface area (TPSA) is 50.4 Å². The van der Waals surface area contributed by atoms with Gasteiger partial charge in [-0.1, -0.05) is 6.92 Å². The van der Waals surface area contributed by atoms with Crippen LogP contribution in [-0.4, -0.2) is 37.9 Å². The van der Waals surface area contributed by atoms with E-state index < -0.39 is 0 Å². The first kappa shape index (κ1) is 19.1. The number of amides is 1. The molecule has 1 rings (SSSR count). The number of nitrogens with one attached hydrogen (secondary N) is 2. The van der Waals surface area contributed by atoms with Gasteiger partial charge in [0.1, 0.15) is 5.75 Å². The molecular formula is C14H23ClN2O2S. The second-order valence-electron chi connectivity index (χ2n) is 3.90. The van der Waals surface area contributed by atoms with Crippen LogP contribution in [0.2, 0.25) is 0 Å². The van der Waals surface area contributed by atoms with Crippen LogP contribution < -0.4 is 15.4 Å². The summed E-state index contributed by atoms with van der Waals surface area (Å²) >= 11 is 1.53. The standard InChI is InChI=1S/C14H22N2O2S.ClH/c1-3-15-9-10-16-14(17)11-19-13-7-5-12(6-8-13)18-4-2;/h5-8,15H,3-4,9-11H2,1-2H3,(H,16,17);1H. The van der Waals surface area contributed by atoms with Crippen molar-refractivity contribution in [2.24, 2.45) is 0 Å². The number of carbonyl (C=O) groups is 1. The lowest BCUT2D eigenvalue weighted by atomic mass is 10.3. The Bertz CT molecular complexity index is 374. The number of hydrogen-bond donors (Lipinski definition) is 2. The number of halogens is 1. The van der Waals surface area contributed by atoms with E-state index in [0.717, 1.165) is 23.7 Å². The van der Waals surface area contributed by atoms with Gasteiger partial charge in [0.15, 0.2) is 0 Å². The first-order valence-corrected chi connectivity index (χ1v) is 7.58. The third kappa shape index (κ3) is 8.30. The summed E-state index contributed by atoms with van der Waals surface area (Å²) in [7, 11) is 0. The molecular weight excluding hydrogens is 296 g/mol. The van der Waals surface area contributed by atoms with Crippen molar-refractivity contribution in [3.8, 4) is 5.75 Å². The molecule has 0 atom stereocenters. The fraction of sp³-hybridized carbons (Fsp3) is 0.500. The second-order valence-corrected chi connectivity index (χ2v) is 4.95. The number of rotatable bonds is 9. The van der Waals surface area contributed by atoms with Gasteiger partial charge in [0, 0.05) is 18.0 Å². The Morgan fingerprint density at radius 2 is 1.90 bits per heavy atom. The minimum Gasteiger partial charge on any atom is -0.494 e. The van der Waals surface area contributed by atoms with Crippen LogP contribution in [0.4, 0.5) is 0 Å². The third-order valence-electron chi connectivity index (χ3n) is 2.38. The third-order valence-corrected chi connectivity index (χ3v) is 3.39. The summed E-state index contributed by atoms with van der Waals surface area (Å²) in [5.41, 5.74) is 0. The number of hydrogen-bond acceptors (Lipinski definition) is 4. The van der Waals surface area contributed by atoms with E-state index in [1.807, 2.05) is 38.1 Å². The fourth-order valence-electron chi connectivity index (χ4n) is 1.47. The van der Waals surface area contributed by atoms with Crippen molar-refractivity contribution >= 4 is 30.1 Å². The van der Waals surface area contributed by atoms with Crippen LogP contribution in [0, 0.1) is 0 Å². The highest BCUT2D eigenvalue weighted by Gasteiger charge is 2.02. The van der Waals surface area contributed by atoms with Gasteiger partial charge in [-0.15, -0.1) is 24.2 Å². The summed E-state index contributed by atoms with van der Waals surface area (Å²) in [6.07, 6.45) is 0. The highest BCUT2D eigenvalue weighted by molar-refractivity contribution is 8.00. The maximum Gasteiger partial charge on any atom is 0.230 e. The molecule has 114 valence electrons. The molecule has 1 amide bonds. The lowest BCUT2D eigenvalue weighted by Crippen LogP contribution is -2.32. The Morgan fingerprint density at radius 3 is 2.50 bits per heavy atom. The Kier molecular flexibility index (Phi) is 11.3. The molecule has 0 aromatic heterocycles. The Balaban J connectivity index is 0.00000361. The van der Waals surface area contributed by atoms with Crippen molar-refractivity contribution in [2.45, 2.75) is 18.7 Å². The fourth-order valence-corrected chi connectivity index (χ4v) is 2.19. The van der Waals surface area contributed by atoms with E-state index in [9.17, 15) is 4.79 Å². The summed E-state index contributed by atoms with van der Waals surface area (Å²) in [5, 5.41) is 6.03. The zero-order chi connectivity index (χ0) is 13.9. The first-order chi connectivity index (χ1) is 9.26. The van der Waals surface area contributed by atoms with E-state index in [2.05, 4.69) is 10.6 Å². The van der Waals surface area contributed by atoms with Crippen LogP contribution in [0.3, 0.4) is 0 Å². The molecule has 0 unspecified atom stereocenters. The maximum absolute atomic E-state index is 11.6. The molecule has 1 aromatic rings. The number of thioether (sulfide) groups is 1. The highest BCUT2D eigenvalue weighted by Crippen LogP contribution is 2.21. The molecule has 2 N–H and O–H groups in total. The van der Waals surface area contributed by atoms with Crippen molar-refractivity contribution in [3.05, 3.63) is 24.3 Å². The second kappa shape index (κ2) is 11.9. The predicted octanol–water partition coefficient (Wildman–Crippen LogP) is 2.32. The van der Waals surface area contributed by atoms with Crippen molar-refractivity contribution in [3.63, 3.8) is 0 Å². The van der Waals surface area contributed by atoms with Crippen molar-refractivity contribution in [1.82, 2.24) is 10.6 Å². The molecule has 1 aromatic carbocycles. The minimum absolute atomic E-state index is 0. The average Bonchev–Trinajstić information content (AvgIpc) is 2.43.